The summed E-state index contributed by atoms with van der Waals surface area (Å²) in [6, 6.07) is 0. The SMILES string of the molecule is CC(C)CC(C)C1CCC2C3CC=C4CC(S)CCC4(C)C3CCC12C. The lowest BCUT2D eigenvalue weighted by atomic mass is 9.47. The van der Waals surface area contributed by atoms with Crippen molar-refractivity contribution in [1.29, 1.82) is 0 Å². The van der Waals surface area contributed by atoms with Crippen LogP contribution in [0.1, 0.15) is 92.4 Å². The summed E-state index contributed by atoms with van der Waals surface area (Å²) in [4.78, 5) is 0. The maximum Gasteiger partial charge on any atom is 0.00545 e. The van der Waals surface area contributed by atoms with Crippen molar-refractivity contribution in [2.24, 2.45) is 46.3 Å². The van der Waals surface area contributed by atoms with Gasteiger partial charge in [0.1, 0.15) is 0 Å². The van der Waals surface area contributed by atoms with E-state index in [9.17, 15) is 0 Å². The van der Waals surface area contributed by atoms with E-state index in [0.29, 0.717) is 16.1 Å². The zero-order valence-electron chi connectivity index (χ0n) is 17.9. The molecule has 0 amide bonds. The predicted octanol–water partition coefficient (Wildman–Crippen LogP) is 7.55. The third-order valence-corrected chi connectivity index (χ3v) is 10.1. The molecule has 26 heavy (non-hydrogen) atoms. The fraction of sp³-hybridized carbons (Fsp3) is 0.920. The first kappa shape index (κ1) is 19.4. The van der Waals surface area contributed by atoms with Gasteiger partial charge in [-0.3, -0.25) is 0 Å². The molecule has 0 nitrogen and oxygen atoms in total. The van der Waals surface area contributed by atoms with Crippen LogP contribution in [0.4, 0.5) is 0 Å². The van der Waals surface area contributed by atoms with Gasteiger partial charge in [0.25, 0.3) is 0 Å². The van der Waals surface area contributed by atoms with Gasteiger partial charge in [-0.25, -0.2) is 0 Å². The van der Waals surface area contributed by atoms with E-state index in [2.05, 4.69) is 40.7 Å². The molecule has 8 unspecified atom stereocenters. The summed E-state index contributed by atoms with van der Waals surface area (Å²) in [6.07, 6.45) is 15.5. The lowest BCUT2D eigenvalue weighted by Crippen LogP contribution is -2.50. The van der Waals surface area contributed by atoms with Crippen molar-refractivity contribution in [3.63, 3.8) is 0 Å². The molecule has 0 aliphatic heterocycles. The van der Waals surface area contributed by atoms with E-state index in [4.69, 9.17) is 12.6 Å². The van der Waals surface area contributed by atoms with E-state index in [1.807, 2.05) is 0 Å². The van der Waals surface area contributed by atoms with Gasteiger partial charge in [-0.05, 0) is 104 Å². The van der Waals surface area contributed by atoms with Crippen molar-refractivity contribution in [2.75, 3.05) is 0 Å². The molecule has 0 radical (unpaired) electrons. The van der Waals surface area contributed by atoms with Gasteiger partial charge in [0.05, 0.1) is 0 Å². The number of fused-ring (bicyclic) bond motifs is 5. The highest BCUT2D eigenvalue weighted by Gasteiger charge is 2.58. The van der Waals surface area contributed by atoms with Crippen LogP contribution in [0.2, 0.25) is 0 Å². The topological polar surface area (TPSA) is 0 Å². The highest BCUT2D eigenvalue weighted by molar-refractivity contribution is 7.80. The van der Waals surface area contributed by atoms with E-state index in [0.717, 1.165) is 35.5 Å². The van der Waals surface area contributed by atoms with E-state index in [-0.39, 0.29) is 0 Å². The minimum absolute atomic E-state index is 0.505. The minimum atomic E-state index is 0.505. The molecular formula is C25H42S. The third kappa shape index (κ3) is 2.94. The van der Waals surface area contributed by atoms with Crippen LogP contribution in [0.25, 0.3) is 0 Å². The Balaban J connectivity index is 1.58. The van der Waals surface area contributed by atoms with Crippen LogP contribution in [-0.2, 0) is 0 Å². The van der Waals surface area contributed by atoms with Gasteiger partial charge in [0.15, 0.2) is 0 Å². The number of thiol groups is 1. The third-order valence-electron chi connectivity index (χ3n) is 9.68. The molecule has 0 aromatic rings. The second-order valence-electron chi connectivity index (χ2n) is 11.5. The summed E-state index contributed by atoms with van der Waals surface area (Å²) >= 11 is 4.83. The largest absolute Gasteiger partial charge is 0.176 e. The van der Waals surface area contributed by atoms with Crippen LogP contribution in [0, 0.1) is 46.3 Å². The van der Waals surface area contributed by atoms with Gasteiger partial charge in [-0.2, -0.15) is 12.6 Å². The van der Waals surface area contributed by atoms with Crippen molar-refractivity contribution in [3.8, 4) is 0 Å². The van der Waals surface area contributed by atoms with Crippen molar-refractivity contribution in [3.05, 3.63) is 11.6 Å². The maximum absolute atomic E-state index is 4.83. The Morgan fingerprint density at radius 1 is 1.04 bits per heavy atom. The quantitative estimate of drug-likeness (QED) is 0.382. The molecule has 4 aliphatic rings. The van der Waals surface area contributed by atoms with Gasteiger partial charge in [-0.1, -0.05) is 46.3 Å². The van der Waals surface area contributed by atoms with Crippen molar-refractivity contribution in [1.82, 2.24) is 0 Å². The first-order valence-corrected chi connectivity index (χ1v) is 12.1. The molecule has 0 saturated heterocycles. The zero-order chi connectivity index (χ0) is 18.7. The van der Waals surface area contributed by atoms with Crippen LogP contribution in [0.3, 0.4) is 0 Å². The Hall–Kier alpha value is 0.0900. The maximum atomic E-state index is 4.83. The molecule has 0 heterocycles. The highest BCUT2D eigenvalue weighted by atomic mass is 32.1. The molecule has 8 atom stereocenters. The van der Waals surface area contributed by atoms with Gasteiger partial charge >= 0.3 is 0 Å². The van der Waals surface area contributed by atoms with Crippen molar-refractivity contribution >= 4 is 12.6 Å². The molecule has 4 rings (SSSR count). The second kappa shape index (κ2) is 6.85. The Kier molecular flexibility index (Phi) is 5.12. The fourth-order valence-electron chi connectivity index (χ4n) is 8.52. The number of hydrogen-bond acceptors (Lipinski definition) is 1. The normalized spacial score (nSPS) is 49.2. The van der Waals surface area contributed by atoms with Gasteiger partial charge in [0.2, 0.25) is 0 Å². The molecule has 0 N–H and O–H groups in total. The summed E-state index contributed by atoms with van der Waals surface area (Å²) < 4.78 is 0. The first-order chi connectivity index (χ1) is 12.3. The molecule has 1 heteroatoms. The van der Waals surface area contributed by atoms with E-state index >= 15 is 0 Å². The Bertz CT molecular complexity index is 563. The highest BCUT2D eigenvalue weighted by Crippen LogP contribution is 2.67. The van der Waals surface area contributed by atoms with Crippen LogP contribution < -0.4 is 0 Å². The van der Waals surface area contributed by atoms with Crippen LogP contribution in [-0.4, -0.2) is 5.25 Å². The number of allylic oxidation sites excluding steroid dienone is 2. The average Bonchev–Trinajstić information content (AvgIpc) is 2.92. The fourth-order valence-corrected chi connectivity index (χ4v) is 8.85. The van der Waals surface area contributed by atoms with E-state index in [1.165, 1.54) is 57.8 Å². The van der Waals surface area contributed by atoms with Crippen molar-refractivity contribution in [2.45, 2.75) is 97.7 Å². The molecule has 0 bridgehead atoms. The smallest absolute Gasteiger partial charge is 0.00545 e. The molecular weight excluding hydrogens is 332 g/mol. The van der Waals surface area contributed by atoms with E-state index < -0.39 is 0 Å². The molecule has 3 fully saturated rings. The number of hydrogen-bond donors (Lipinski definition) is 1. The summed E-state index contributed by atoms with van der Waals surface area (Å²) in [5.41, 5.74) is 2.92. The van der Waals surface area contributed by atoms with Crippen LogP contribution >= 0.6 is 12.6 Å². The Labute approximate surface area is 168 Å². The molecule has 3 saturated carbocycles. The second-order valence-corrected chi connectivity index (χ2v) is 12.2. The Morgan fingerprint density at radius 3 is 2.54 bits per heavy atom. The molecule has 0 spiro atoms. The first-order valence-electron chi connectivity index (χ1n) is 11.6. The molecule has 4 aliphatic carbocycles. The standard InChI is InChI=1S/C25H42S/c1-16(2)14-17(3)21-8-9-22-20-7-6-18-15-19(26)10-12-24(18,4)23(20)11-13-25(21,22)5/h6,16-17,19-23,26H,7-15H2,1-5H3. The van der Waals surface area contributed by atoms with Gasteiger partial charge in [0, 0.05) is 5.25 Å². The summed E-state index contributed by atoms with van der Waals surface area (Å²) in [7, 11) is 0. The van der Waals surface area contributed by atoms with Crippen molar-refractivity contribution < 1.29 is 0 Å². The molecule has 0 aromatic heterocycles. The lowest BCUT2D eigenvalue weighted by molar-refractivity contribution is -0.0503. The lowest BCUT2D eigenvalue weighted by Gasteiger charge is -2.58. The monoisotopic (exact) mass is 374 g/mol. The number of rotatable bonds is 3. The minimum Gasteiger partial charge on any atom is -0.176 e. The van der Waals surface area contributed by atoms with Crippen LogP contribution in [0.5, 0.6) is 0 Å². The van der Waals surface area contributed by atoms with Gasteiger partial charge < -0.3 is 0 Å². The van der Waals surface area contributed by atoms with Crippen LogP contribution in [0.15, 0.2) is 11.6 Å². The average molecular weight is 375 g/mol. The Morgan fingerprint density at radius 2 is 1.81 bits per heavy atom. The summed E-state index contributed by atoms with van der Waals surface area (Å²) in [5.74, 6) is 5.65. The molecule has 0 aromatic carbocycles. The zero-order valence-corrected chi connectivity index (χ0v) is 18.8. The van der Waals surface area contributed by atoms with E-state index in [1.54, 1.807) is 5.57 Å². The van der Waals surface area contributed by atoms with Gasteiger partial charge in [-0.15, -0.1) is 0 Å². The molecule has 148 valence electrons. The summed E-state index contributed by atoms with van der Waals surface area (Å²) in [5, 5.41) is 0.618. The predicted molar refractivity (Wildman–Crippen MR) is 117 cm³/mol. The summed E-state index contributed by atoms with van der Waals surface area (Å²) in [6.45, 7) is 12.7.